The molecule has 110 valence electrons. The molecule has 5 heteroatoms. The summed E-state index contributed by atoms with van der Waals surface area (Å²) in [5.41, 5.74) is 0.0120. The van der Waals surface area contributed by atoms with E-state index in [1.165, 1.54) is 11.3 Å². The molecule has 2 N–H and O–H groups in total. The molecule has 1 heterocycles. The van der Waals surface area contributed by atoms with Crippen molar-refractivity contribution >= 4 is 23.2 Å². The number of carboxylic acid groups (broad SMARTS) is 1. The first-order valence-corrected chi connectivity index (χ1v) is 7.54. The van der Waals surface area contributed by atoms with Crippen LogP contribution in [0.5, 0.6) is 0 Å². The summed E-state index contributed by atoms with van der Waals surface area (Å²) in [6, 6.07) is 10.6. The Morgan fingerprint density at radius 3 is 2.38 bits per heavy atom. The summed E-state index contributed by atoms with van der Waals surface area (Å²) in [5.74, 6) is -1.41. The molecule has 0 aliphatic rings. The Labute approximate surface area is 127 Å². The molecule has 0 saturated carbocycles. The van der Waals surface area contributed by atoms with Gasteiger partial charge in [0.1, 0.15) is 0 Å². The molecule has 2 aromatic rings. The van der Waals surface area contributed by atoms with Crippen LogP contribution in [0.25, 0.3) is 0 Å². The Morgan fingerprint density at radius 2 is 1.90 bits per heavy atom. The molecule has 4 nitrogen and oxygen atoms in total. The number of amides is 1. The van der Waals surface area contributed by atoms with Gasteiger partial charge in [-0.15, -0.1) is 11.3 Å². The van der Waals surface area contributed by atoms with E-state index in [0.717, 1.165) is 5.56 Å². The molecule has 0 aliphatic heterocycles. The second-order valence-corrected chi connectivity index (χ2v) is 5.73. The second kappa shape index (κ2) is 6.10. The van der Waals surface area contributed by atoms with Gasteiger partial charge in [0.2, 0.25) is 0 Å². The Kier molecular flexibility index (Phi) is 4.43. The lowest BCUT2D eigenvalue weighted by Crippen LogP contribution is -2.51. The Balaban J connectivity index is 2.41. The van der Waals surface area contributed by atoms with E-state index in [-0.39, 0.29) is 12.3 Å². The van der Waals surface area contributed by atoms with Gasteiger partial charge < -0.3 is 10.4 Å². The molecular formula is C16H17NO3S. The summed E-state index contributed by atoms with van der Waals surface area (Å²) < 4.78 is 0. The normalized spacial score (nSPS) is 13.4. The Hall–Kier alpha value is -2.14. The molecule has 2 rings (SSSR count). The lowest BCUT2D eigenvalue weighted by molar-refractivity contribution is -0.145. The maximum absolute atomic E-state index is 12.4. The van der Waals surface area contributed by atoms with E-state index in [1.807, 2.05) is 24.4 Å². The van der Waals surface area contributed by atoms with Gasteiger partial charge in [0.05, 0.1) is 4.88 Å². The highest BCUT2D eigenvalue weighted by atomic mass is 32.1. The Morgan fingerprint density at radius 1 is 1.24 bits per heavy atom. The van der Waals surface area contributed by atoms with Crippen molar-refractivity contribution < 1.29 is 14.7 Å². The fourth-order valence-electron chi connectivity index (χ4n) is 2.27. The van der Waals surface area contributed by atoms with Gasteiger partial charge in [-0.1, -0.05) is 37.3 Å². The van der Waals surface area contributed by atoms with Crippen LogP contribution in [0.2, 0.25) is 0 Å². The predicted octanol–water partition coefficient (Wildman–Crippen LogP) is 3.18. The number of carbonyl (C=O) groups excluding carboxylic acids is 1. The van der Waals surface area contributed by atoms with Crippen molar-refractivity contribution in [2.24, 2.45) is 0 Å². The van der Waals surface area contributed by atoms with E-state index in [4.69, 9.17) is 0 Å². The minimum Gasteiger partial charge on any atom is -0.479 e. The van der Waals surface area contributed by atoms with Crippen molar-refractivity contribution in [2.75, 3.05) is 0 Å². The van der Waals surface area contributed by atoms with Gasteiger partial charge in [-0.05, 0) is 35.9 Å². The first-order valence-electron chi connectivity index (χ1n) is 6.67. The molecule has 0 bridgehead atoms. The lowest BCUT2D eigenvalue weighted by atomic mass is 9.87. The SMILES string of the molecule is CCC(NC(=O)c1sccc1C)(C(=O)O)c1ccccc1. The van der Waals surface area contributed by atoms with Crippen LogP contribution >= 0.6 is 11.3 Å². The first kappa shape index (κ1) is 15.3. The first-order chi connectivity index (χ1) is 10.0. The van der Waals surface area contributed by atoms with Crippen molar-refractivity contribution in [3.05, 3.63) is 57.8 Å². The molecule has 0 fully saturated rings. The number of aliphatic carboxylic acids is 1. The highest BCUT2D eigenvalue weighted by Gasteiger charge is 2.40. The zero-order chi connectivity index (χ0) is 15.5. The maximum Gasteiger partial charge on any atom is 0.334 e. The second-order valence-electron chi connectivity index (χ2n) is 4.82. The van der Waals surface area contributed by atoms with Gasteiger partial charge >= 0.3 is 5.97 Å². The molecule has 1 aromatic carbocycles. The number of hydrogen-bond acceptors (Lipinski definition) is 3. The number of thiophene rings is 1. The minimum atomic E-state index is -1.41. The van der Waals surface area contributed by atoms with E-state index in [2.05, 4.69) is 5.32 Å². The average Bonchev–Trinajstić information content (AvgIpc) is 2.91. The van der Waals surface area contributed by atoms with Crippen molar-refractivity contribution in [3.8, 4) is 0 Å². The van der Waals surface area contributed by atoms with Crippen molar-refractivity contribution in [2.45, 2.75) is 25.8 Å². The van der Waals surface area contributed by atoms with E-state index < -0.39 is 11.5 Å². The largest absolute Gasteiger partial charge is 0.479 e. The van der Waals surface area contributed by atoms with Crippen molar-refractivity contribution in [1.82, 2.24) is 5.32 Å². The highest BCUT2D eigenvalue weighted by Crippen LogP contribution is 2.27. The minimum absolute atomic E-state index is 0.266. The van der Waals surface area contributed by atoms with E-state index in [0.29, 0.717) is 10.4 Å². The third kappa shape index (κ3) is 2.83. The molecule has 0 saturated heterocycles. The summed E-state index contributed by atoms with van der Waals surface area (Å²) in [7, 11) is 0. The molecule has 0 radical (unpaired) electrons. The standard InChI is InChI=1S/C16H17NO3S/c1-3-16(15(19)20,12-7-5-4-6-8-12)17-14(18)13-11(2)9-10-21-13/h4-10H,3H2,1-2H3,(H,17,18)(H,19,20). The summed E-state index contributed by atoms with van der Waals surface area (Å²) in [4.78, 5) is 24.8. The highest BCUT2D eigenvalue weighted by molar-refractivity contribution is 7.12. The van der Waals surface area contributed by atoms with E-state index in [1.54, 1.807) is 31.2 Å². The topological polar surface area (TPSA) is 66.4 Å². The zero-order valence-corrected chi connectivity index (χ0v) is 12.7. The van der Waals surface area contributed by atoms with Crippen LogP contribution in [0, 0.1) is 6.92 Å². The van der Waals surface area contributed by atoms with Crippen LogP contribution in [-0.4, -0.2) is 17.0 Å². The summed E-state index contributed by atoms with van der Waals surface area (Å²) in [6.45, 7) is 3.59. The number of nitrogens with one attached hydrogen (secondary N) is 1. The fraction of sp³-hybridized carbons (Fsp3) is 0.250. The van der Waals surface area contributed by atoms with Crippen molar-refractivity contribution in [3.63, 3.8) is 0 Å². The molecule has 0 spiro atoms. The fourth-order valence-corrected chi connectivity index (χ4v) is 3.09. The molecule has 1 atom stereocenters. The van der Waals surface area contributed by atoms with Crippen LogP contribution in [0.15, 0.2) is 41.8 Å². The van der Waals surface area contributed by atoms with Gasteiger partial charge in [0.25, 0.3) is 5.91 Å². The van der Waals surface area contributed by atoms with E-state index >= 15 is 0 Å². The quantitative estimate of drug-likeness (QED) is 0.891. The third-order valence-corrected chi connectivity index (χ3v) is 4.57. The van der Waals surface area contributed by atoms with Crippen LogP contribution in [0.4, 0.5) is 0 Å². The molecular weight excluding hydrogens is 286 g/mol. The number of carbonyl (C=O) groups is 2. The van der Waals surface area contributed by atoms with Crippen LogP contribution in [0.3, 0.4) is 0 Å². The Bertz CT molecular complexity index is 651. The zero-order valence-electron chi connectivity index (χ0n) is 11.9. The lowest BCUT2D eigenvalue weighted by Gasteiger charge is -2.29. The maximum atomic E-state index is 12.4. The molecule has 1 amide bonds. The average molecular weight is 303 g/mol. The molecule has 1 aromatic heterocycles. The number of benzene rings is 1. The van der Waals surface area contributed by atoms with Gasteiger partial charge in [-0.2, -0.15) is 0 Å². The van der Waals surface area contributed by atoms with Gasteiger partial charge in [-0.3, -0.25) is 4.79 Å². The van der Waals surface area contributed by atoms with Crippen LogP contribution in [0.1, 0.15) is 34.1 Å². The van der Waals surface area contributed by atoms with Gasteiger partial charge in [0, 0.05) is 0 Å². The number of aryl methyl sites for hydroxylation is 1. The van der Waals surface area contributed by atoms with E-state index in [9.17, 15) is 14.7 Å². The number of carboxylic acids is 1. The molecule has 0 aliphatic carbocycles. The molecule has 1 unspecified atom stereocenters. The monoisotopic (exact) mass is 303 g/mol. The molecule has 21 heavy (non-hydrogen) atoms. The van der Waals surface area contributed by atoms with Crippen LogP contribution in [-0.2, 0) is 10.3 Å². The smallest absolute Gasteiger partial charge is 0.334 e. The third-order valence-electron chi connectivity index (χ3n) is 3.56. The number of hydrogen-bond donors (Lipinski definition) is 2. The summed E-state index contributed by atoms with van der Waals surface area (Å²) in [5, 5.41) is 14.2. The van der Waals surface area contributed by atoms with Gasteiger partial charge in [-0.25, -0.2) is 4.79 Å². The predicted molar refractivity (Wildman–Crippen MR) is 82.6 cm³/mol. The van der Waals surface area contributed by atoms with Gasteiger partial charge in [0.15, 0.2) is 5.54 Å². The van der Waals surface area contributed by atoms with Crippen LogP contribution < -0.4 is 5.32 Å². The summed E-state index contributed by atoms with van der Waals surface area (Å²) >= 11 is 1.31. The van der Waals surface area contributed by atoms with Crippen molar-refractivity contribution in [1.29, 1.82) is 0 Å². The summed E-state index contributed by atoms with van der Waals surface area (Å²) in [6.07, 6.45) is 0.266. The number of rotatable bonds is 5.